The molecular formula is C14H15N. The molecule has 0 aliphatic heterocycles. The normalized spacial score (nSPS) is 15.8. The third-order valence-corrected chi connectivity index (χ3v) is 3.34. The smallest absolute Gasteiger partial charge is 0.0423 e. The van der Waals surface area contributed by atoms with Gasteiger partial charge in [0.05, 0.1) is 0 Å². The van der Waals surface area contributed by atoms with E-state index in [-0.39, 0.29) is 0 Å². The van der Waals surface area contributed by atoms with Gasteiger partial charge in [-0.15, -0.1) is 0 Å². The summed E-state index contributed by atoms with van der Waals surface area (Å²) in [5, 5.41) is 2.57. The number of aryl methyl sites for hydroxylation is 1. The fourth-order valence-electron chi connectivity index (χ4n) is 2.30. The Balaban J connectivity index is 2.39. The monoisotopic (exact) mass is 197 g/mol. The Kier molecular flexibility index (Phi) is 1.75. The van der Waals surface area contributed by atoms with Gasteiger partial charge in [0.1, 0.15) is 0 Å². The molecule has 76 valence electrons. The highest BCUT2D eigenvalue weighted by Gasteiger charge is 2.25. The van der Waals surface area contributed by atoms with Crippen LogP contribution in [0.25, 0.3) is 10.8 Å². The quantitative estimate of drug-likeness (QED) is 0.694. The summed E-state index contributed by atoms with van der Waals surface area (Å²) in [5.74, 6) is 0.786. The Morgan fingerprint density at radius 2 is 1.80 bits per heavy atom. The van der Waals surface area contributed by atoms with Crippen LogP contribution in [0.5, 0.6) is 0 Å². The molecule has 2 aromatic rings. The maximum absolute atomic E-state index is 6.11. The first-order valence-electron chi connectivity index (χ1n) is 5.55. The van der Waals surface area contributed by atoms with Gasteiger partial charge in [-0.1, -0.05) is 30.3 Å². The van der Waals surface area contributed by atoms with Crippen LogP contribution in [0.2, 0.25) is 0 Å². The van der Waals surface area contributed by atoms with E-state index in [0.29, 0.717) is 0 Å². The molecule has 1 heteroatoms. The molecule has 0 bridgehead atoms. The lowest BCUT2D eigenvalue weighted by molar-refractivity contribution is 1.14. The molecule has 0 atom stereocenters. The van der Waals surface area contributed by atoms with Crippen LogP contribution in [-0.2, 0) is 0 Å². The van der Waals surface area contributed by atoms with Crippen molar-refractivity contribution < 1.29 is 0 Å². The fourth-order valence-corrected chi connectivity index (χ4v) is 2.30. The minimum atomic E-state index is 0.786. The van der Waals surface area contributed by atoms with Gasteiger partial charge in [-0.3, -0.25) is 0 Å². The molecule has 1 saturated carbocycles. The van der Waals surface area contributed by atoms with Crippen molar-refractivity contribution in [3.8, 4) is 0 Å². The molecule has 1 aliphatic rings. The highest BCUT2D eigenvalue weighted by molar-refractivity contribution is 5.97. The van der Waals surface area contributed by atoms with E-state index in [4.69, 9.17) is 5.73 Å². The van der Waals surface area contributed by atoms with Crippen LogP contribution in [0.4, 0.5) is 5.69 Å². The zero-order valence-electron chi connectivity index (χ0n) is 8.96. The first-order chi connectivity index (χ1) is 7.27. The standard InChI is InChI=1S/C14H15N/c1-9-8-13(10-6-7-10)11-4-2-3-5-12(11)14(9)15/h2-5,8,10H,6-7,15H2,1H3. The van der Waals surface area contributed by atoms with Crippen LogP contribution >= 0.6 is 0 Å². The minimum Gasteiger partial charge on any atom is -0.398 e. The van der Waals surface area contributed by atoms with Crippen LogP contribution in [0.15, 0.2) is 30.3 Å². The van der Waals surface area contributed by atoms with Gasteiger partial charge in [0, 0.05) is 11.1 Å². The van der Waals surface area contributed by atoms with Crippen LogP contribution in [0, 0.1) is 6.92 Å². The van der Waals surface area contributed by atoms with E-state index in [9.17, 15) is 0 Å². The van der Waals surface area contributed by atoms with E-state index < -0.39 is 0 Å². The molecule has 0 saturated heterocycles. The molecule has 2 N–H and O–H groups in total. The van der Waals surface area contributed by atoms with E-state index in [1.807, 2.05) is 0 Å². The third-order valence-electron chi connectivity index (χ3n) is 3.34. The van der Waals surface area contributed by atoms with Crippen LogP contribution < -0.4 is 5.73 Å². The summed E-state index contributed by atoms with van der Waals surface area (Å²) in [6.07, 6.45) is 2.68. The third kappa shape index (κ3) is 1.30. The van der Waals surface area contributed by atoms with E-state index in [1.54, 1.807) is 0 Å². The largest absolute Gasteiger partial charge is 0.398 e. The summed E-state index contributed by atoms with van der Waals surface area (Å²) in [5.41, 5.74) is 9.76. The van der Waals surface area contributed by atoms with Crippen molar-refractivity contribution in [3.63, 3.8) is 0 Å². The lowest BCUT2D eigenvalue weighted by Crippen LogP contribution is -1.94. The summed E-state index contributed by atoms with van der Waals surface area (Å²) in [6, 6.07) is 10.8. The Bertz CT molecular complexity index is 524. The van der Waals surface area contributed by atoms with Crippen LogP contribution in [0.3, 0.4) is 0 Å². The van der Waals surface area contributed by atoms with Crippen molar-refractivity contribution in [1.29, 1.82) is 0 Å². The van der Waals surface area contributed by atoms with Gasteiger partial charge in [-0.05, 0) is 42.2 Å². The van der Waals surface area contributed by atoms with Crippen molar-refractivity contribution in [2.24, 2.45) is 0 Å². The number of fused-ring (bicyclic) bond motifs is 1. The van der Waals surface area contributed by atoms with E-state index in [1.165, 1.54) is 34.7 Å². The molecular weight excluding hydrogens is 182 g/mol. The number of anilines is 1. The van der Waals surface area contributed by atoms with Gasteiger partial charge in [0.2, 0.25) is 0 Å². The van der Waals surface area contributed by atoms with Gasteiger partial charge in [0.25, 0.3) is 0 Å². The summed E-state index contributed by atoms with van der Waals surface area (Å²) >= 11 is 0. The molecule has 0 unspecified atom stereocenters. The van der Waals surface area contributed by atoms with Crippen molar-refractivity contribution in [2.45, 2.75) is 25.7 Å². The van der Waals surface area contributed by atoms with Gasteiger partial charge in [-0.2, -0.15) is 0 Å². The van der Waals surface area contributed by atoms with Gasteiger partial charge >= 0.3 is 0 Å². The zero-order valence-corrected chi connectivity index (χ0v) is 8.96. The molecule has 0 amide bonds. The highest BCUT2D eigenvalue weighted by atomic mass is 14.6. The second-order valence-electron chi connectivity index (χ2n) is 4.52. The SMILES string of the molecule is Cc1cc(C2CC2)c2ccccc2c1N. The lowest BCUT2D eigenvalue weighted by atomic mass is 9.96. The van der Waals surface area contributed by atoms with Gasteiger partial charge < -0.3 is 5.73 Å². The fraction of sp³-hybridized carbons (Fsp3) is 0.286. The number of nitrogens with two attached hydrogens (primary N) is 1. The molecule has 0 heterocycles. The number of rotatable bonds is 1. The Labute approximate surface area is 89.9 Å². The number of nitrogen functional groups attached to an aromatic ring is 1. The Hall–Kier alpha value is -1.50. The molecule has 2 aromatic carbocycles. The van der Waals surface area contributed by atoms with Crippen LogP contribution in [0.1, 0.15) is 29.9 Å². The maximum atomic E-state index is 6.11. The molecule has 1 aliphatic carbocycles. The lowest BCUT2D eigenvalue weighted by Gasteiger charge is -2.10. The molecule has 3 rings (SSSR count). The molecule has 0 aromatic heterocycles. The predicted octanol–water partition coefficient (Wildman–Crippen LogP) is 3.61. The first-order valence-corrected chi connectivity index (χ1v) is 5.55. The average Bonchev–Trinajstić information content (AvgIpc) is 3.07. The molecule has 1 fully saturated rings. The second kappa shape index (κ2) is 2.99. The predicted molar refractivity (Wildman–Crippen MR) is 65.1 cm³/mol. The Morgan fingerprint density at radius 1 is 1.13 bits per heavy atom. The minimum absolute atomic E-state index is 0.786. The molecule has 0 spiro atoms. The number of hydrogen-bond acceptors (Lipinski definition) is 1. The zero-order chi connectivity index (χ0) is 10.4. The van der Waals surface area contributed by atoms with Crippen molar-refractivity contribution in [2.75, 3.05) is 5.73 Å². The molecule has 1 nitrogen and oxygen atoms in total. The summed E-state index contributed by atoms with van der Waals surface area (Å²) in [7, 11) is 0. The van der Waals surface area contributed by atoms with Gasteiger partial charge in [0.15, 0.2) is 0 Å². The summed E-state index contributed by atoms with van der Waals surface area (Å²) in [6.45, 7) is 2.10. The molecule has 0 radical (unpaired) electrons. The first kappa shape index (κ1) is 8.78. The topological polar surface area (TPSA) is 26.0 Å². The summed E-state index contributed by atoms with van der Waals surface area (Å²) in [4.78, 5) is 0. The van der Waals surface area contributed by atoms with E-state index >= 15 is 0 Å². The highest BCUT2D eigenvalue weighted by Crippen LogP contribution is 2.44. The Morgan fingerprint density at radius 3 is 2.47 bits per heavy atom. The van der Waals surface area contributed by atoms with Gasteiger partial charge in [-0.25, -0.2) is 0 Å². The van der Waals surface area contributed by atoms with E-state index in [2.05, 4.69) is 37.3 Å². The number of benzene rings is 2. The number of hydrogen-bond donors (Lipinski definition) is 1. The summed E-state index contributed by atoms with van der Waals surface area (Å²) < 4.78 is 0. The van der Waals surface area contributed by atoms with Crippen molar-refractivity contribution in [3.05, 3.63) is 41.5 Å². The van der Waals surface area contributed by atoms with Crippen molar-refractivity contribution >= 4 is 16.5 Å². The maximum Gasteiger partial charge on any atom is 0.0423 e. The van der Waals surface area contributed by atoms with Crippen molar-refractivity contribution in [1.82, 2.24) is 0 Å². The van der Waals surface area contributed by atoms with E-state index in [0.717, 1.165) is 11.6 Å². The second-order valence-corrected chi connectivity index (χ2v) is 4.52. The average molecular weight is 197 g/mol. The van der Waals surface area contributed by atoms with Crippen LogP contribution in [-0.4, -0.2) is 0 Å². The molecule has 15 heavy (non-hydrogen) atoms.